The van der Waals surface area contributed by atoms with Gasteiger partial charge in [0.25, 0.3) is 0 Å². The third-order valence-corrected chi connectivity index (χ3v) is 7.55. The van der Waals surface area contributed by atoms with Crippen molar-refractivity contribution >= 4 is 34.6 Å². The molecule has 0 radical (unpaired) electrons. The molecule has 2 aromatic carbocycles. The second-order valence-corrected chi connectivity index (χ2v) is 9.69. The minimum atomic E-state index is -0.427. The average Bonchev–Trinajstić information content (AvgIpc) is 3.40. The third kappa shape index (κ3) is 4.06. The summed E-state index contributed by atoms with van der Waals surface area (Å²) in [4.78, 5) is 18.7. The summed E-state index contributed by atoms with van der Waals surface area (Å²) >= 11 is 8.10. The fraction of sp³-hybridized carbons (Fsp3) is 0.231. The van der Waals surface area contributed by atoms with Crippen LogP contribution in [-0.4, -0.2) is 26.4 Å². The minimum absolute atomic E-state index is 0.261. The van der Waals surface area contributed by atoms with Crippen LogP contribution >= 0.6 is 22.9 Å². The van der Waals surface area contributed by atoms with Gasteiger partial charge in [-0.25, -0.2) is 0 Å². The van der Waals surface area contributed by atoms with E-state index in [4.69, 9.17) is 21.3 Å². The van der Waals surface area contributed by atoms with E-state index in [-0.39, 0.29) is 11.9 Å². The van der Waals surface area contributed by atoms with Crippen LogP contribution < -0.4 is 0 Å². The predicted molar refractivity (Wildman–Crippen MR) is 134 cm³/mol. The highest BCUT2D eigenvalue weighted by Crippen LogP contribution is 2.38. The van der Waals surface area contributed by atoms with Crippen molar-refractivity contribution in [1.82, 2.24) is 14.8 Å². The Labute approximate surface area is 206 Å². The van der Waals surface area contributed by atoms with Gasteiger partial charge in [-0.15, -0.1) is 21.5 Å². The molecule has 1 aliphatic heterocycles. The smallest absolute Gasteiger partial charge is 0.313 e. The first-order chi connectivity index (χ1) is 16.4. The molecule has 0 saturated heterocycles. The fourth-order valence-electron chi connectivity index (χ4n) is 4.04. The summed E-state index contributed by atoms with van der Waals surface area (Å²) in [5, 5.41) is 10.1. The van der Waals surface area contributed by atoms with E-state index in [1.807, 2.05) is 86.0 Å². The first-order valence-electron chi connectivity index (χ1n) is 11.0. The Morgan fingerprint density at radius 2 is 1.79 bits per heavy atom. The lowest BCUT2D eigenvalue weighted by Gasteiger charge is -2.16. The Balaban J connectivity index is 1.52. The Kier molecular flexibility index (Phi) is 6.06. The lowest BCUT2D eigenvalue weighted by molar-refractivity contribution is -0.149. The fourth-order valence-corrected chi connectivity index (χ4v) is 5.47. The molecule has 2 aromatic heterocycles. The monoisotopic (exact) mass is 490 g/mol. The number of carbonyl (C=O) groups excluding carboxylic acids is 1. The largest absolute Gasteiger partial charge is 0.456 e. The van der Waals surface area contributed by atoms with Crippen molar-refractivity contribution in [3.8, 4) is 5.00 Å². The van der Waals surface area contributed by atoms with Crippen LogP contribution in [0.25, 0.3) is 5.00 Å². The van der Waals surface area contributed by atoms with E-state index >= 15 is 0 Å². The second kappa shape index (κ2) is 9.16. The number of rotatable bonds is 5. The number of thiophene rings is 1. The van der Waals surface area contributed by atoms with Gasteiger partial charge >= 0.3 is 5.97 Å². The molecule has 34 heavy (non-hydrogen) atoms. The molecule has 0 amide bonds. The number of hydrogen-bond acceptors (Lipinski definition) is 6. The molecule has 2 unspecified atom stereocenters. The van der Waals surface area contributed by atoms with Crippen LogP contribution in [0.5, 0.6) is 0 Å². The molecular weight excluding hydrogens is 468 g/mol. The van der Waals surface area contributed by atoms with Gasteiger partial charge in [-0.3, -0.25) is 14.4 Å². The molecule has 4 aromatic rings. The maximum absolute atomic E-state index is 12.9. The van der Waals surface area contributed by atoms with Crippen molar-refractivity contribution in [2.45, 2.75) is 39.3 Å². The summed E-state index contributed by atoms with van der Waals surface area (Å²) in [5.41, 5.74) is 3.51. The average molecular weight is 491 g/mol. The zero-order valence-electron chi connectivity index (χ0n) is 19.0. The molecule has 0 N–H and O–H groups in total. The van der Waals surface area contributed by atoms with E-state index < -0.39 is 6.10 Å². The van der Waals surface area contributed by atoms with Gasteiger partial charge in [-0.1, -0.05) is 60.1 Å². The molecule has 0 saturated carbocycles. The normalized spacial score (nSPS) is 14.4. The first kappa shape index (κ1) is 22.5. The van der Waals surface area contributed by atoms with Crippen molar-refractivity contribution in [1.29, 1.82) is 0 Å². The summed E-state index contributed by atoms with van der Waals surface area (Å²) in [6, 6.07) is 19.4. The van der Waals surface area contributed by atoms with Crippen molar-refractivity contribution in [2.75, 3.05) is 0 Å². The van der Waals surface area contributed by atoms with Crippen molar-refractivity contribution < 1.29 is 9.53 Å². The van der Waals surface area contributed by atoms with E-state index in [0.717, 1.165) is 43.9 Å². The van der Waals surface area contributed by atoms with E-state index in [2.05, 4.69) is 10.2 Å². The SMILES string of the molecule is Cc1nnc2n1-c1sc(C(C)OC(=O)C(C)c3ccccc3)cc1C(c1ccccc1Cl)=NC2. The molecule has 0 spiro atoms. The predicted octanol–water partition coefficient (Wildman–Crippen LogP) is 6.05. The first-order valence-corrected chi connectivity index (χ1v) is 12.2. The van der Waals surface area contributed by atoms with Gasteiger partial charge in [0.1, 0.15) is 23.5 Å². The number of aromatic nitrogens is 3. The summed E-state index contributed by atoms with van der Waals surface area (Å²) in [6.07, 6.45) is -0.427. The Morgan fingerprint density at radius 1 is 1.06 bits per heavy atom. The number of benzene rings is 2. The minimum Gasteiger partial charge on any atom is -0.456 e. The van der Waals surface area contributed by atoms with Gasteiger partial charge in [0.15, 0.2) is 5.82 Å². The second-order valence-electron chi connectivity index (χ2n) is 8.22. The topological polar surface area (TPSA) is 69.4 Å². The lowest BCUT2D eigenvalue weighted by atomic mass is 10.0. The van der Waals surface area contributed by atoms with Crippen LogP contribution in [0.1, 0.15) is 59.1 Å². The maximum atomic E-state index is 12.9. The molecule has 6 nitrogen and oxygen atoms in total. The van der Waals surface area contributed by atoms with Crippen molar-refractivity contribution in [3.63, 3.8) is 0 Å². The summed E-state index contributed by atoms with van der Waals surface area (Å²) in [5.74, 6) is 0.927. The van der Waals surface area contributed by atoms with Crippen molar-refractivity contribution in [3.05, 3.63) is 98.9 Å². The summed E-state index contributed by atoms with van der Waals surface area (Å²) in [6.45, 7) is 6.08. The number of hydrogen-bond donors (Lipinski definition) is 0. The number of ether oxygens (including phenoxy) is 1. The van der Waals surface area contributed by atoms with Gasteiger partial charge in [0, 0.05) is 21.0 Å². The van der Waals surface area contributed by atoms with E-state index in [1.54, 1.807) is 11.3 Å². The number of aliphatic imine (C=N–C) groups is 1. The Morgan fingerprint density at radius 3 is 2.56 bits per heavy atom. The number of halogens is 1. The highest BCUT2D eigenvalue weighted by molar-refractivity contribution is 7.15. The van der Waals surface area contributed by atoms with E-state index in [9.17, 15) is 4.79 Å². The number of aryl methyl sites for hydroxylation is 1. The molecule has 0 bridgehead atoms. The lowest BCUT2D eigenvalue weighted by Crippen LogP contribution is -2.15. The summed E-state index contributed by atoms with van der Waals surface area (Å²) in [7, 11) is 0. The molecule has 2 atom stereocenters. The number of fused-ring (bicyclic) bond motifs is 3. The number of nitrogens with zero attached hydrogens (tertiary/aromatic N) is 4. The maximum Gasteiger partial charge on any atom is 0.313 e. The molecule has 0 fully saturated rings. The zero-order chi connectivity index (χ0) is 23.8. The molecular formula is C26H23ClN4O2S. The molecule has 172 valence electrons. The van der Waals surface area contributed by atoms with Crippen LogP contribution in [0, 0.1) is 6.92 Å². The van der Waals surface area contributed by atoms with Crippen LogP contribution in [-0.2, 0) is 16.1 Å². The molecule has 8 heteroatoms. The van der Waals surface area contributed by atoms with Gasteiger partial charge in [0.05, 0.1) is 11.6 Å². The number of carbonyl (C=O) groups is 1. The van der Waals surface area contributed by atoms with E-state index in [1.165, 1.54) is 0 Å². The van der Waals surface area contributed by atoms with Gasteiger partial charge in [0.2, 0.25) is 0 Å². The van der Waals surface area contributed by atoms with Crippen LogP contribution in [0.3, 0.4) is 0 Å². The zero-order valence-corrected chi connectivity index (χ0v) is 20.6. The highest BCUT2D eigenvalue weighted by Gasteiger charge is 2.28. The molecule has 0 aliphatic carbocycles. The molecule has 1 aliphatic rings. The van der Waals surface area contributed by atoms with Gasteiger partial charge < -0.3 is 4.74 Å². The van der Waals surface area contributed by atoms with Crippen LogP contribution in [0.4, 0.5) is 0 Å². The van der Waals surface area contributed by atoms with Gasteiger partial charge in [-0.2, -0.15) is 0 Å². The van der Waals surface area contributed by atoms with E-state index in [0.29, 0.717) is 11.6 Å². The number of esters is 1. The Hall–Kier alpha value is -3.29. The molecule has 5 rings (SSSR count). The van der Waals surface area contributed by atoms with Crippen molar-refractivity contribution in [2.24, 2.45) is 4.99 Å². The quantitative estimate of drug-likeness (QED) is 0.319. The Bertz CT molecular complexity index is 1390. The standard InChI is InChI=1S/C26H23ClN4O2S/c1-15(18-9-5-4-6-10-18)26(32)33-16(2)22-13-20-24(19-11-7-8-12-21(19)27)28-14-23-30-29-17(3)31(23)25(20)34-22/h4-13,15-16H,14H2,1-3H3. The van der Waals surface area contributed by atoms with Crippen LogP contribution in [0.15, 0.2) is 65.7 Å². The highest BCUT2D eigenvalue weighted by atomic mass is 35.5. The van der Waals surface area contributed by atoms with Crippen LogP contribution in [0.2, 0.25) is 5.02 Å². The summed E-state index contributed by atoms with van der Waals surface area (Å²) < 4.78 is 7.92. The van der Waals surface area contributed by atoms with Gasteiger partial charge in [-0.05, 0) is 38.5 Å². The third-order valence-electron chi connectivity index (χ3n) is 5.94. The molecule has 3 heterocycles.